The molecule has 2 rings (SSSR count). The van der Waals surface area contributed by atoms with E-state index in [9.17, 15) is 8.42 Å². The van der Waals surface area contributed by atoms with Gasteiger partial charge in [0, 0.05) is 0 Å². The maximum absolute atomic E-state index is 11.1. The van der Waals surface area contributed by atoms with Gasteiger partial charge in [-0.2, -0.15) is 8.42 Å². The Morgan fingerprint density at radius 2 is 1.71 bits per heavy atom. The average molecular weight is 250 g/mol. The number of rotatable bonds is 3. The first kappa shape index (κ1) is 12.1. The van der Waals surface area contributed by atoms with E-state index in [2.05, 4.69) is 0 Å². The molecule has 1 atom stereocenters. The summed E-state index contributed by atoms with van der Waals surface area (Å²) < 4.78 is 27.3. The zero-order valence-electron chi connectivity index (χ0n) is 9.75. The minimum atomic E-state index is -3.44. The molecule has 4 heteroatoms. The molecule has 0 unspecified atom stereocenters. The summed E-state index contributed by atoms with van der Waals surface area (Å²) in [7, 11) is -3.44. The Bertz CT molecular complexity index is 627. The number of hydrogen-bond donors (Lipinski definition) is 0. The molecule has 0 heterocycles. The normalized spacial score (nSPS) is 13.8. The van der Waals surface area contributed by atoms with Crippen LogP contribution in [-0.2, 0) is 14.3 Å². The van der Waals surface area contributed by atoms with E-state index in [1.54, 1.807) is 6.92 Å². The summed E-state index contributed by atoms with van der Waals surface area (Å²) in [6.07, 6.45) is 0.588. The van der Waals surface area contributed by atoms with Crippen molar-refractivity contribution in [3.05, 3.63) is 48.0 Å². The maximum Gasteiger partial charge on any atom is 0.264 e. The number of benzene rings is 2. The van der Waals surface area contributed by atoms with Crippen molar-refractivity contribution in [3.63, 3.8) is 0 Å². The highest BCUT2D eigenvalue weighted by Crippen LogP contribution is 2.27. The third-order valence-electron chi connectivity index (χ3n) is 2.58. The first-order chi connectivity index (χ1) is 7.97. The SMILES string of the molecule is C[C@@H](OS(C)(=O)=O)c1cccc2ccccc12. The van der Waals surface area contributed by atoms with Gasteiger partial charge in [-0.25, -0.2) is 0 Å². The minimum Gasteiger partial charge on any atom is -0.262 e. The Kier molecular flexibility index (Phi) is 3.17. The molecule has 90 valence electrons. The molecule has 0 aromatic heterocycles. The Balaban J connectivity index is 2.48. The molecule has 17 heavy (non-hydrogen) atoms. The van der Waals surface area contributed by atoms with Crippen LogP contribution in [0.15, 0.2) is 42.5 Å². The molecule has 0 N–H and O–H groups in total. The quantitative estimate of drug-likeness (QED) is 0.787. The smallest absolute Gasteiger partial charge is 0.262 e. The molecule has 0 aliphatic carbocycles. The van der Waals surface area contributed by atoms with Gasteiger partial charge in [-0.3, -0.25) is 4.18 Å². The van der Waals surface area contributed by atoms with Gasteiger partial charge in [-0.1, -0.05) is 42.5 Å². The highest BCUT2D eigenvalue weighted by Gasteiger charge is 2.14. The van der Waals surface area contributed by atoms with Gasteiger partial charge in [0.25, 0.3) is 10.1 Å². The van der Waals surface area contributed by atoms with Crippen LogP contribution in [-0.4, -0.2) is 14.7 Å². The molecule has 0 saturated carbocycles. The predicted octanol–water partition coefficient (Wildman–Crippen LogP) is 2.88. The Morgan fingerprint density at radius 1 is 1.06 bits per heavy atom. The Labute approximate surface area is 101 Å². The lowest BCUT2D eigenvalue weighted by Gasteiger charge is -2.13. The molecule has 0 bridgehead atoms. The van der Waals surface area contributed by atoms with Crippen molar-refractivity contribution >= 4 is 20.9 Å². The van der Waals surface area contributed by atoms with Crippen LogP contribution in [0.4, 0.5) is 0 Å². The summed E-state index contributed by atoms with van der Waals surface area (Å²) in [5, 5.41) is 2.10. The molecule has 0 amide bonds. The number of hydrogen-bond acceptors (Lipinski definition) is 3. The fraction of sp³-hybridized carbons (Fsp3) is 0.231. The van der Waals surface area contributed by atoms with E-state index in [0.29, 0.717) is 0 Å². The third-order valence-corrected chi connectivity index (χ3v) is 3.22. The molecule has 3 nitrogen and oxygen atoms in total. The van der Waals surface area contributed by atoms with E-state index in [0.717, 1.165) is 22.6 Å². The maximum atomic E-state index is 11.1. The van der Waals surface area contributed by atoms with E-state index in [-0.39, 0.29) is 0 Å². The van der Waals surface area contributed by atoms with Crippen molar-refractivity contribution in [2.75, 3.05) is 6.26 Å². The molecular weight excluding hydrogens is 236 g/mol. The topological polar surface area (TPSA) is 43.4 Å². The molecular formula is C13H14O3S. The van der Waals surface area contributed by atoms with E-state index < -0.39 is 16.2 Å². The molecule has 0 aliphatic heterocycles. The molecule has 0 aliphatic rings. The summed E-state index contributed by atoms with van der Waals surface area (Å²) in [5.41, 5.74) is 0.883. The van der Waals surface area contributed by atoms with Gasteiger partial charge in [0.05, 0.1) is 12.4 Å². The van der Waals surface area contributed by atoms with Crippen LogP contribution in [0.3, 0.4) is 0 Å². The van der Waals surface area contributed by atoms with Crippen LogP contribution in [0, 0.1) is 0 Å². The standard InChI is InChI=1S/C13H14O3S/c1-10(16-17(2,14)15)12-9-5-7-11-6-3-4-8-13(11)12/h3-10H,1-2H3/t10-/m1/s1. The summed E-state index contributed by atoms with van der Waals surface area (Å²) in [4.78, 5) is 0. The van der Waals surface area contributed by atoms with Gasteiger partial charge in [0.2, 0.25) is 0 Å². The highest BCUT2D eigenvalue weighted by molar-refractivity contribution is 7.86. The molecule has 2 aromatic carbocycles. The molecule has 0 radical (unpaired) electrons. The van der Waals surface area contributed by atoms with Gasteiger partial charge < -0.3 is 0 Å². The van der Waals surface area contributed by atoms with Crippen molar-refractivity contribution < 1.29 is 12.6 Å². The molecule has 0 spiro atoms. The van der Waals surface area contributed by atoms with Crippen molar-refractivity contribution in [2.24, 2.45) is 0 Å². The van der Waals surface area contributed by atoms with Gasteiger partial charge in [-0.05, 0) is 23.3 Å². The zero-order valence-corrected chi connectivity index (χ0v) is 10.6. The summed E-state index contributed by atoms with van der Waals surface area (Å²) in [6, 6.07) is 13.6. The number of fused-ring (bicyclic) bond motifs is 1. The molecule has 0 saturated heterocycles. The third kappa shape index (κ3) is 2.84. The van der Waals surface area contributed by atoms with Crippen molar-refractivity contribution in [2.45, 2.75) is 13.0 Å². The Hall–Kier alpha value is -1.39. The van der Waals surface area contributed by atoms with Crippen LogP contribution in [0.2, 0.25) is 0 Å². The van der Waals surface area contributed by atoms with Crippen LogP contribution in [0.1, 0.15) is 18.6 Å². The minimum absolute atomic E-state index is 0.476. The van der Waals surface area contributed by atoms with Crippen LogP contribution in [0.5, 0.6) is 0 Å². The zero-order chi connectivity index (χ0) is 12.5. The van der Waals surface area contributed by atoms with Crippen LogP contribution >= 0.6 is 0 Å². The summed E-state index contributed by atoms with van der Waals surface area (Å²) in [6.45, 7) is 1.74. The lowest BCUT2D eigenvalue weighted by atomic mass is 10.0. The molecule has 0 fully saturated rings. The second-order valence-electron chi connectivity index (χ2n) is 4.01. The average Bonchev–Trinajstić information content (AvgIpc) is 2.26. The van der Waals surface area contributed by atoms with E-state index in [4.69, 9.17) is 4.18 Å². The Morgan fingerprint density at radius 3 is 2.41 bits per heavy atom. The molecule has 2 aromatic rings. The summed E-state index contributed by atoms with van der Waals surface area (Å²) in [5.74, 6) is 0. The largest absolute Gasteiger partial charge is 0.264 e. The van der Waals surface area contributed by atoms with Crippen LogP contribution in [0.25, 0.3) is 10.8 Å². The fourth-order valence-corrected chi connectivity index (χ4v) is 2.55. The van der Waals surface area contributed by atoms with E-state index in [1.165, 1.54) is 0 Å². The second kappa shape index (κ2) is 4.47. The van der Waals surface area contributed by atoms with Crippen molar-refractivity contribution in [1.29, 1.82) is 0 Å². The first-order valence-electron chi connectivity index (χ1n) is 5.33. The lowest BCUT2D eigenvalue weighted by molar-refractivity contribution is 0.238. The fourth-order valence-electron chi connectivity index (χ4n) is 1.92. The van der Waals surface area contributed by atoms with Crippen molar-refractivity contribution in [3.8, 4) is 0 Å². The van der Waals surface area contributed by atoms with Crippen LogP contribution < -0.4 is 0 Å². The van der Waals surface area contributed by atoms with E-state index in [1.807, 2.05) is 42.5 Å². The monoisotopic (exact) mass is 250 g/mol. The van der Waals surface area contributed by atoms with Crippen molar-refractivity contribution in [1.82, 2.24) is 0 Å². The van der Waals surface area contributed by atoms with Gasteiger partial charge in [-0.15, -0.1) is 0 Å². The second-order valence-corrected chi connectivity index (χ2v) is 5.61. The van der Waals surface area contributed by atoms with Gasteiger partial charge in [0.1, 0.15) is 0 Å². The highest BCUT2D eigenvalue weighted by atomic mass is 32.2. The van der Waals surface area contributed by atoms with Gasteiger partial charge >= 0.3 is 0 Å². The van der Waals surface area contributed by atoms with Gasteiger partial charge in [0.15, 0.2) is 0 Å². The first-order valence-corrected chi connectivity index (χ1v) is 7.15. The lowest BCUT2D eigenvalue weighted by Crippen LogP contribution is -2.07. The summed E-state index contributed by atoms with van der Waals surface area (Å²) >= 11 is 0. The predicted molar refractivity (Wildman–Crippen MR) is 68.3 cm³/mol. The van der Waals surface area contributed by atoms with E-state index >= 15 is 0 Å².